The molecule has 2 heterocycles. The van der Waals surface area contributed by atoms with Gasteiger partial charge in [0.05, 0.1) is 0 Å². The van der Waals surface area contributed by atoms with Crippen LogP contribution in [0.3, 0.4) is 0 Å². The molecule has 0 bridgehead atoms. The average molecular weight is 367 g/mol. The molecule has 1 aromatic heterocycles. The van der Waals surface area contributed by atoms with Crippen LogP contribution in [0.5, 0.6) is 0 Å². The Morgan fingerprint density at radius 2 is 1.74 bits per heavy atom. The van der Waals surface area contributed by atoms with E-state index in [0.717, 1.165) is 43.4 Å². The number of benzene rings is 1. The highest BCUT2D eigenvalue weighted by atomic mass is 16.1. The molecule has 1 amide bonds. The molecule has 0 radical (unpaired) electrons. The van der Waals surface area contributed by atoms with Crippen LogP contribution in [0.2, 0.25) is 0 Å². The Hall–Kier alpha value is -2.63. The topological polar surface area (TPSA) is 61.4 Å². The Kier molecular flexibility index (Phi) is 6.27. The molecule has 3 rings (SSSR count). The molecule has 1 saturated heterocycles. The molecule has 1 aliphatic heterocycles. The Balaban J connectivity index is 1.73. The summed E-state index contributed by atoms with van der Waals surface area (Å²) in [7, 11) is 0. The van der Waals surface area contributed by atoms with E-state index in [1.54, 1.807) is 6.07 Å². The summed E-state index contributed by atoms with van der Waals surface area (Å²) in [6.07, 6.45) is 3.60. The van der Waals surface area contributed by atoms with Gasteiger partial charge in [0.2, 0.25) is 0 Å². The first-order valence-electron chi connectivity index (χ1n) is 9.87. The molecule has 6 heteroatoms. The van der Waals surface area contributed by atoms with Gasteiger partial charge < -0.3 is 15.1 Å². The number of carbonyl (C=O) groups is 1. The summed E-state index contributed by atoms with van der Waals surface area (Å²) in [5, 5.41) is 2.95. The molecule has 0 unspecified atom stereocenters. The van der Waals surface area contributed by atoms with Crippen molar-refractivity contribution in [2.45, 2.75) is 40.0 Å². The maximum Gasteiger partial charge on any atom is 0.274 e. The fraction of sp³-hybridized carbons (Fsp3) is 0.476. The van der Waals surface area contributed by atoms with Crippen LogP contribution in [0, 0.1) is 6.92 Å². The van der Waals surface area contributed by atoms with E-state index in [1.807, 2.05) is 31.2 Å². The predicted molar refractivity (Wildman–Crippen MR) is 111 cm³/mol. The van der Waals surface area contributed by atoms with Crippen molar-refractivity contribution in [1.29, 1.82) is 0 Å². The van der Waals surface area contributed by atoms with Gasteiger partial charge in [-0.15, -0.1) is 0 Å². The highest BCUT2D eigenvalue weighted by molar-refractivity contribution is 6.03. The van der Waals surface area contributed by atoms with E-state index >= 15 is 0 Å². The number of amides is 1. The van der Waals surface area contributed by atoms with Crippen molar-refractivity contribution in [1.82, 2.24) is 9.97 Å². The summed E-state index contributed by atoms with van der Waals surface area (Å²) < 4.78 is 0. The molecule has 1 N–H and O–H groups in total. The van der Waals surface area contributed by atoms with E-state index in [9.17, 15) is 4.79 Å². The summed E-state index contributed by atoms with van der Waals surface area (Å²) in [5.41, 5.74) is 2.34. The van der Waals surface area contributed by atoms with Gasteiger partial charge in [-0.3, -0.25) is 4.79 Å². The zero-order valence-corrected chi connectivity index (χ0v) is 16.5. The largest absolute Gasteiger partial charge is 0.372 e. The van der Waals surface area contributed by atoms with Crippen molar-refractivity contribution in [2.75, 3.05) is 41.3 Å². The second kappa shape index (κ2) is 8.84. The summed E-state index contributed by atoms with van der Waals surface area (Å²) in [4.78, 5) is 26.1. The third-order valence-corrected chi connectivity index (χ3v) is 4.99. The second-order valence-electron chi connectivity index (χ2n) is 6.88. The fourth-order valence-electron chi connectivity index (χ4n) is 3.49. The number of piperidine rings is 1. The zero-order valence-electron chi connectivity index (χ0n) is 16.5. The molecular weight excluding hydrogens is 338 g/mol. The van der Waals surface area contributed by atoms with Crippen LogP contribution in [0.4, 0.5) is 17.2 Å². The zero-order chi connectivity index (χ0) is 19.2. The van der Waals surface area contributed by atoms with Gasteiger partial charge in [-0.2, -0.15) is 0 Å². The summed E-state index contributed by atoms with van der Waals surface area (Å²) in [6, 6.07) is 9.74. The molecule has 6 nitrogen and oxygen atoms in total. The second-order valence-corrected chi connectivity index (χ2v) is 6.88. The molecule has 1 fully saturated rings. The van der Waals surface area contributed by atoms with Crippen LogP contribution < -0.4 is 15.1 Å². The molecule has 0 spiro atoms. The standard InChI is InChI=1S/C21H29N5O/c1-4-25(5-2)18-11-9-17(10-12-18)24-21(27)19-15-20(23-16(3)22-19)26-13-7-6-8-14-26/h9-12,15H,4-8,13-14H2,1-3H3,(H,24,27). The number of anilines is 3. The van der Waals surface area contributed by atoms with E-state index in [2.05, 4.69) is 38.9 Å². The first-order chi connectivity index (χ1) is 13.1. The van der Waals surface area contributed by atoms with Crippen molar-refractivity contribution < 1.29 is 4.79 Å². The minimum absolute atomic E-state index is 0.200. The Bertz CT molecular complexity index is 765. The van der Waals surface area contributed by atoms with Crippen LogP contribution in [0.15, 0.2) is 30.3 Å². The monoisotopic (exact) mass is 367 g/mol. The number of nitrogens with zero attached hydrogens (tertiary/aromatic N) is 4. The third kappa shape index (κ3) is 4.76. The van der Waals surface area contributed by atoms with Gasteiger partial charge >= 0.3 is 0 Å². The first-order valence-corrected chi connectivity index (χ1v) is 9.87. The lowest BCUT2D eigenvalue weighted by molar-refractivity contribution is 0.102. The Labute approximate surface area is 161 Å². The molecule has 27 heavy (non-hydrogen) atoms. The van der Waals surface area contributed by atoms with Crippen LogP contribution in [-0.2, 0) is 0 Å². The lowest BCUT2D eigenvalue weighted by atomic mass is 10.1. The number of hydrogen-bond acceptors (Lipinski definition) is 5. The normalized spacial score (nSPS) is 14.1. The molecule has 1 aromatic carbocycles. The number of aryl methyl sites for hydroxylation is 1. The summed E-state index contributed by atoms with van der Waals surface area (Å²) >= 11 is 0. The summed E-state index contributed by atoms with van der Waals surface area (Å²) in [6.45, 7) is 10.0. The van der Waals surface area contributed by atoms with Crippen molar-refractivity contribution in [2.24, 2.45) is 0 Å². The smallest absolute Gasteiger partial charge is 0.274 e. The van der Waals surface area contributed by atoms with Crippen LogP contribution >= 0.6 is 0 Å². The number of aromatic nitrogens is 2. The molecule has 0 atom stereocenters. The van der Waals surface area contributed by atoms with E-state index < -0.39 is 0 Å². The number of carbonyl (C=O) groups excluding carboxylic acids is 1. The third-order valence-electron chi connectivity index (χ3n) is 4.99. The van der Waals surface area contributed by atoms with Crippen molar-refractivity contribution >= 4 is 23.1 Å². The highest BCUT2D eigenvalue weighted by Gasteiger charge is 2.17. The van der Waals surface area contributed by atoms with Gasteiger partial charge in [-0.05, 0) is 64.3 Å². The lowest BCUT2D eigenvalue weighted by Crippen LogP contribution is -2.31. The quantitative estimate of drug-likeness (QED) is 0.840. The number of rotatable bonds is 6. The first kappa shape index (κ1) is 19.1. The summed E-state index contributed by atoms with van der Waals surface area (Å²) in [5.74, 6) is 1.28. The number of hydrogen-bond donors (Lipinski definition) is 1. The van der Waals surface area contributed by atoms with Crippen LogP contribution in [0.25, 0.3) is 0 Å². The molecule has 2 aromatic rings. The van der Waals surface area contributed by atoms with Gasteiger partial charge in [-0.1, -0.05) is 0 Å². The Morgan fingerprint density at radius 3 is 2.37 bits per heavy atom. The Morgan fingerprint density at radius 1 is 1.07 bits per heavy atom. The van der Waals surface area contributed by atoms with Gasteiger partial charge in [0, 0.05) is 43.6 Å². The van der Waals surface area contributed by atoms with Gasteiger partial charge in [0.15, 0.2) is 0 Å². The van der Waals surface area contributed by atoms with E-state index in [1.165, 1.54) is 19.3 Å². The molecular formula is C21H29N5O. The van der Waals surface area contributed by atoms with E-state index in [4.69, 9.17) is 0 Å². The van der Waals surface area contributed by atoms with E-state index in [-0.39, 0.29) is 5.91 Å². The average Bonchev–Trinajstić information content (AvgIpc) is 2.70. The van der Waals surface area contributed by atoms with Crippen molar-refractivity contribution in [3.63, 3.8) is 0 Å². The van der Waals surface area contributed by atoms with E-state index in [0.29, 0.717) is 11.5 Å². The van der Waals surface area contributed by atoms with Gasteiger partial charge in [-0.25, -0.2) is 9.97 Å². The minimum Gasteiger partial charge on any atom is -0.372 e. The maximum atomic E-state index is 12.7. The molecule has 0 aliphatic carbocycles. The van der Waals surface area contributed by atoms with Crippen LogP contribution in [-0.4, -0.2) is 42.1 Å². The van der Waals surface area contributed by atoms with Gasteiger partial charge in [0.1, 0.15) is 17.3 Å². The highest BCUT2D eigenvalue weighted by Crippen LogP contribution is 2.20. The maximum absolute atomic E-state index is 12.7. The lowest BCUT2D eigenvalue weighted by Gasteiger charge is -2.28. The SMILES string of the molecule is CCN(CC)c1ccc(NC(=O)c2cc(N3CCCCC3)nc(C)n2)cc1. The van der Waals surface area contributed by atoms with Crippen LogP contribution in [0.1, 0.15) is 49.4 Å². The predicted octanol–water partition coefficient (Wildman–Crippen LogP) is 3.87. The van der Waals surface area contributed by atoms with Crippen molar-refractivity contribution in [3.8, 4) is 0 Å². The minimum atomic E-state index is -0.200. The fourth-order valence-corrected chi connectivity index (χ4v) is 3.49. The molecule has 0 saturated carbocycles. The number of nitrogens with one attached hydrogen (secondary N) is 1. The van der Waals surface area contributed by atoms with Gasteiger partial charge in [0.25, 0.3) is 5.91 Å². The molecule has 144 valence electrons. The molecule has 1 aliphatic rings. The van der Waals surface area contributed by atoms with Crippen molar-refractivity contribution in [3.05, 3.63) is 41.9 Å².